The molecule has 3 heterocycles. The van der Waals surface area contributed by atoms with E-state index in [4.69, 9.17) is 9.47 Å². The molecule has 2 aromatic carbocycles. The highest BCUT2D eigenvalue weighted by Crippen LogP contribution is 2.29. The lowest BCUT2D eigenvalue weighted by Crippen LogP contribution is -2.56. The minimum absolute atomic E-state index is 0. The SMILES string of the molecule is COc1cc(Nc2ncn(-c3ccc(F)c(F)c3)n2)cc(N2CCN(C3COC3)CC2)c1.[HH]. The minimum atomic E-state index is -0.935. The lowest BCUT2D eigenvalue weighted by atomic mass is 10.1. The fourth-order valence-electron chi connectivity index (χ4n) is 3.94. The van der Waals surface area contributed by atoms with E-state index in [-0.39, 0.29) is 1.43 Å². The summed E-state index contributed by atoms with van der Waals surface area (Å²) in [6.07, 6.45) is 1.44. The number of methoxy groups -OCH3 is 1. The molecule has 0 aliphatic carbocycles. The minimum Gasteiger partial charge on any atom is -0.497 e. The number of nitrogens with one attached hydrogen (secondary N) is 1. The van der Waals surface area contributed by atoms with E-state index in [1.165, 1.54) is 17.1 Å². The molecule has 2 aliphatic heterocycles. The number of benzene rings is 2. The second kappa shape index (κ2) is 8.71. The number of nitrogens with zero attached hydrogens (tertiary/aromatic N) is 5. The zero-order chi connectivity index (χ0) is 22.1. The number of rotatable bonds is 6. The molecular formula is C22H26F2N6O2. The van der Waals surface area contributed by atoms with Gasteiger partial charge in [0.05, 0.1) is 32.1 Å². The van der Waals surface area contributed by atoms with Crippen LogP contribution in [0.2, 0.25) is 0 Å². The van der Waals surface area contributed by atoms with Crippen LogP contribution in [0.25, 0.3) is 5.69 Å². The van der Waals surface area contributed by atoms with Gasteiger partial charge in [-0.25, -0.2) is 13.5 Å². The van der Waals surface area contributed by atoms with Gasteiger partial charge in [-0.1, -0.05) is 0 Å². The van der Waals surface area contributed by atoms with Crippen molar-refractivity contribution in [2.45, 2.75) is 6.04 Å². The average molecular weight is 444 g/mol. The predicted octanol–water partition coefficient (Wildman–Crippen LogP) is 3.06. The van der Waals surface area contributed by atoms with Gasteiger partial charge in [0.1, 0.15) is 12.1 Å². The Morgan fingerprint density at radius 2 is 1.84 bits per heavy atom. The first-order chi connectivity index (χ1) is 15.6. The Bertz CT molecular complexity index is 1100. The molecule has 0 saturated carbocycles. The molecule has 0 unspecified atom stereocenters. The van der Waals surface area contributed by atoms with E-state index in [1.54, 1.807) is 7.11 Å². The standard InChI is InChI=1S/C22H24F2N6O2.H2/c1-31-19-9-15(8-17(10-19)28-4-6-29(7-5-28)18-12-32-13-18)26-22-25-14-30(27-22)16-2-3-20(23)21(24)11-16;/h2-3,8-11,14,18H,4-7,12-13H2,1H3,(H,26,27);1H. The topological polar surface area (TPSA) is 67.7 Å². The summed E-state index contributed by atoms with van der Waals surface area (Å²) in [6, 6.07) is 10.0. The van der Waals surface area contributed by atoms with Crippen LogP contribution < -0.4 is 15.0 Å². The second-order valence-electron chi connectivity index (χ2n) is 7.87. The molecule has 8 nitrogen and oxygen atoms in total. The van der Waals surface area contributed by atoms with Gasteiger partial charge in [0.15, 0.2) is 11.6 Å². The summed E-state index contributed by atoms with van der Waals surface area (Å²) in [5.41, 5.74) is 2.21. The first-order valence-electron chi connectivity index (χ1n) is 10.5. The van der Waals surface area contributed by atoms with Gasteiger partial charge in [0, 0.05) is 57.2 Å². The normalized spacial score (nSPS) is 17.3. The maximum atomic E-state index is 13.5. The molecule has 1 aromatic heterocycles. The van der Waals surface area contributed by atoms with E-state index in [9.17, 15) is 8.78 Å². The number of hydrogen-bond donors (Lipinski definition) is 1. The van der Waals surface area contributed by atoms with E-state index in [0.717, 1.165) is 68.6 Å². The smallest absolute Gasteiger partial charge is 0.246 e. The highest BCUT2D eigenvalue weighted by molar-refractivity contribution is 5.66. The first-order valence-corrected chi connectivity index (χ1v) is 10.5. The van der Waals surface area contributed by atoms with E-state index >= 15 is 0 Å². The molecule has 2 aliphatic rings. The zero-order valence-electron chi connectivity index (χ0n) is 17.7. The fourth-order valence-corrected chi connectivity index (χ4v) is 3.94. The summed E-state index contributed by atoms with van der Waals surface area (Å²) in [4.78, 5) is 9.05. The highest BCUT2D eigenvalue weighted by atomic mass is 19.2. The van der Waals surface area contributed by atoms with E-state index < -0.39 is 11.6 Å². The summed E-state index contributed by atoms with van der Waals surface area (Å²) in [5, 5.41) is 7.50. The predicted molar refractivity (Wildman–Crippen MR) is 118 cm³/mol. The Morgan fingerprint density at radius 3 is 2.53 bits per heavy atom. The lowest BCUT2D eigenvalue weighted by Gasteiger charge is -2.43. The number of aromatic nitrogens is 3. The molecular weight excluding hydrogens is 418 g/mol. The second-order valence-corrected chi connectivity index (χ2v) is 7.87. The van der Waals surface area contributed by atoms with Crippen molar-refractivity contribution >= 4 is 17.3 Å². The third kappa shape index (κ3) is 4.23. The van der Waals surface area contributed by atoms with Gasteiger partial charge in [-0.05, 0) is 18.2 Å². The van der Waals surface area contributed by atoms with Gasteiger partial charge in [0.2, 0.25) is 5.95 Å². The van der Waals surface area contributed by atoms with Crippen LogP contribution in [0, 0.1) is 11.6 Å². The van der Waals surface area contributed by atoms with E-state index in [1.807, 2.05) is 18.2 Å². The van der Waals surface area contributed by atoms with Crippen molar-refractivity contribution in [1.82, 2.24) is 19.7 Å². The van der Waals surface area contributed by atoms with Crippen LogP contribution in [-0.4, -0.2) is 72.2 Å². The Labute approximate surface area is 185 Å². The number of hydrogen-bond acceptors (Lipinski definition) is 7. The molecule has 5 rings (SSSR count). The Balaban J connectivity index is 0.00000259. The summed E-state index contributed by atoms with van der Waals surface area (Å²) in [5.74, 6) is -0.781. The van der Waals surface area contributed by atoms with Crippen molar-refractivity contribution in [1.29, 1.82) is 0 Å². The first kappa shape index (κ1) is 20.7. The van der Waals surface area contributed by atoms with Crippen molar-refractivity contribution < 1.29 is 19.7 Å². The summed E-state index contributed by atoms with van der Waals surface area (Å²) in [7, 11) is 1.63. The van der Waals surface area contributed by atoms with Crippen LogP contribution in [0.5, 0.6) is 5.75 Å². The molecule has 0 radical (unpaired) electrons. The number of anilines is 3. The third-order valence-electron chi connectivity index (χ3n) is 5.86. The largest absolute Gasteiger partial charge is 0.497 e. The van der Waals surface area contributed by atoms with Crippen molar-refractivity contribution in [3.05, 3.63) is 54.4 Å². The lowest BCUT2D eigenvalue weighted by molar-refractivity contribution is -0.0660. The van der Waals surface area contributed by atoms with Crippen LogP contribution in [-0.2, 0) is 4.74 Å². The molecule has 170 valence electrons. The number of halogens is 2. The fraction of sp³-hybridized carbons (Fsp3) is 0.364. The molecule has 10 heteroatoms. The van der Waals surface area contributed by atoms with Crippen LogP contribution in [0.3, 0.4) is 0 Å². The van der Waals surface area contributed by atoms with Gasteiger partial charge in [-0.15, -0.1) is 5.10 Å². The molecule has 2 saturated heterocycles. The van der Waals surface area contributed by atoms with Gasteiger partial charge < -0.3 is 19.7 Å². The van der Waals surface area contributed by atoms with Gasteiger partial charge in [0.25, 0.3) is 0 Å². The summed E-state index contributed by atoms with van der Waals surface area (Å²) in [6.45, 7) is 5.50. The highest BCUT2D eigenvalue weighted by Gasteiger charge is 2.29. The van der Waals surface area contributed by atoms with Crippen LogP contribution in [0.15, 0.2) is 42.7 Å². The Morgan fingerprint density at radius 1 is 1.03 bits per heavy atom. The molecule has 0 amide bonds. The van der Waals surface area contributed by atoms with Crippen LogP contribution in [0.1, 0.15) is 1.43 Å². The van der Waals surface area contributed by atoms with Crippen molar-refractivity contribution in [3.63, 3.8) is 0 Å². The Hall–Kier alpha value is -3.24. The molecule has 0 bridgehead atoms. The molecule has 3 aromatic rings. The molecule has 0 atom stereocenters. The zero-order valence-corrected chi connectivity index (χ0v) is 17.7. The summed E-state index contributed by atoms with van der Waals surface area (Å²) >= 11 is 0. The molecule has 1 N–H and O–H groups in total. The van der Waals surface area contributed by atoms with Gasteiger partial charge >= 0.3 is 0 Å². The van der Waals surface area contributed by atoms with Gasteiger partial charge in [-0.2, -0.15) is 4.98 Å². The molecule has 32 heavy (non-hydrogen) atoms. The Kier molecular flexibility index (Phi) is 5.62. The average Bonchev–Trinajstić information content (AvgIpc) is 3.23. The number of piperazine rings is 1. The maximum absolute atomic E-state index is 13.5. The third-order valence-corrected chi connectivity index (χ3v) is 5.86. The van der Waals surface area contributed by atoms with Crippen molar-refractivity contribution in [2.24, 2.45) is 0 Å². The monoisotopic (exact) mass is 444 g/mol. The molecule has 0 spiro atoms. The maximum Gasteiger partial charge on any atom is 0.246 e. The molecule has 2 fully saturated rings. The summed E-state index contributed by atoms with van der Waals surface area (Å²) < 4.78 is 38.9. The van der Waals surface area contributed by atoms with E-state index in [2.05, 4.69) is 25.2 Å². The van der Waals surface area contributed by atoms with Crippen molar-refractivity contribution in [3.8, 4) is 11.4 Å². The quantitative estimate of drug-likeness (QED) is 0.627. The van der Waals surface area contributed by atoms with Gasteiger partial charge in [-0.3, -0.25) is 4.90 Å². The van der Waals surface area contributed by atoms with E-state index in [0.29, 0.717) is 17.7 Å². The van der Waals surface area contributed by atoms with Crippen LogP contribution in [0.4, 0.5) is 26.1 Å². The number of ether oxygens (including phenoxy) is 2. The van der Waals surface area contributed by atoms with Crippen molar-refractivity contribution in [2.75, 3.05) is 56.7 Å². The van der Waals surface area contributed by atoms with Crippen LogP contribution >= 0.6 is 0 Å².